The first-order valence-corrected chi connectivity index (χ1v) is 11.1. The van der Waals surface area contributed by atoms with Gasteiger partial charge in [-0.15, -0.1) is 0 Å². The lowest BCUT2D eigenvalue weighted by Gasteiger charge is -2.20. The van der Waals surface area contributed by atoms with E-state index < -0.39 is 33.1 Å². The van der Waals surface area contributed by atoms with Gasteiger partial charge in [0.1, 0.15) is 12.6 Å². The number of amides is 2. The summed E-state index contributed by atoms with van der Waals surface area (Å²) in [6.45, 7) is 3.69. The van der Waals surface area contributed by atoms with Crippen LogP contribution in [0.1, 0.15) is 43.5 Å². The van der Waals surface area contributed by atoms with Gasteiger partial charge in [0.2, 0.25) is 15.9 Å². The molecule has 1 heterocycles. The van der Waals surface area contributed by atoms with Gasteiger partial charge in [0.05, 0.1) is 22.4 Å². The summed E-state index contributed by atoms with van der Waals surface area (Å²) in [6, 6.07) is 7.66. The number of fused-ring (bicyclic) bond motifs is 1. The number of para-hydroxylation sites is 1. The fraction of sp³-hybridized carbons (Fsp3) is 0.450. The molecule has 2 amide bonds. The molecule has 0 aliphatic heterocycles. The summed E-state index contributed by atoms with van der Waals surface area (Å²) in [7, 11) is -3.56. The molecule has 1 aromatic carbocycles. The molecular weight excluding hydrogens is 392 g/mol. The van der Waals surface area contributed by atoms with Crippen molar-refractivity contribution in [3.05, 3.63) is 36.0 Å². The third-order valence-electron chi connectivity index (χ3n) is 4.81. The van der Waals surface area contributed by atoms with Crippen LogP contribution in [0.15, 0.2) is 30.5 Å². The Kier molecular flexibility index (Phi) is 5.94. The largest absolute Gasteiger partial charge is 0.341 e. The molecule has 0 bridgehead atoms. The van der Waals surface area contributed by atoms with Crippen molar-refractivity contribution in [3.8, 4) is 6.07 Å². The summed E-state index contributed by atoms with van der Waals surface area (Å²) in [5.41, 5.74) is 0.510. The molecule has 2 aromatic rings. The lowest BCUT2D eigenvalue weighted by atomic mass is 10.0. The van der Waals surface area contributed by atoms with Crippen LogP contribution in [-0.2, 0) is 14.8 Å². The smallest absolute Gasteiger partial charge is 0.254 e. The maximum absolute atomic E-state index is 13.0. The lowest BCUT2D eigenvalue weighted by Crippen LogP contribution is -2.47. The number of nitrogens with one attached hydrogen (secondary N) is 2. The number of aromatic nitrogens is 1. The van der Waals surface area contributed by atoms with E-state index in [1.807, 2.05) is 19.9 Å². The molecule has 29 heavy (non-hydrogen) atoms. The first-order valence-electron chi connectivity index (χ1n) is 9.55. The summed E-state index contributed by atoms with van der Waals surface area (Å²) in [5, 5.41) is 14.1. The number of nitrogens with zero attached hydrogens (tertiary/aromatic N) is 2. The third-order valence-corrected chi connectivity index (χ3v) is 6.98. The average molecular weight is 417 g/mol. The quantitative estimate of drug-likeness (QED) is 0.635. The number of carbonyl (C=O) groups excluding carboxylic acids is 2. The SMILES string of the molecule is CC(C)CC(NC(=O)c1cccc2ccn(S(=O)(=O)C3CC3)c12)C(=O)NCC#N. The molecule has 1 fully saturated rings. The first kappa shape index (κ1) is 20.9. The van der Waals surface area contributed by atoms with E-state index in [-0.39, 0.29) is 18.0 Å². The second kappa shape index (κ2) is 8.25. The van der Waals surface area contributed by atoms with E-state index in [2.05, 4.69) is 10.6 Å². The summed E-state index contributed by atoms with van der Waals surface area (Å²) in [4.78, 5) is 25.4. The minimum Gasteiger partial charge on any atom is -0.341 e. The number of hydrogen-bond donors (Lipinski definition) is 2. The van der Waals surface area contributed by atoms with Crippen LogP contribution in [0.5, 0.6) is 0 Å². The number of rotatable bonds is 8. The highest BCUT2D eigenvalue weighted by Gasteiger charge is 2.38. The maximum atomic E-state index is 13.0. The van der Waals surface area contributed by atoms with Gasteiger partial charge in [-0.2, -0.15) is 5.26 Å². The summed E-state index contributed by atoms with van der Waals surface area (Å²) >= 11 is 0. The topological polar surface area (TPSA) is 121 Å². The van der Waals surface area contributed by atoms with E-state index in [4.69, 9.17) is 5.26 Å². The Balaban J connectivity index is 1.94. The molecule has 1 saturated carbocycles. The minimum absolute atomic E-state index is 0.128. The van der Waals surface area contributed by atoms with Crippen molar-refractivity contribution >= 4 is 32.7 Å². The fourth-order valence-corrected chi connectivity index (χ4v) is 5.02. The highest BCUT2D eigenvalue weighted by Crippen LogP contribution is 2.33. The Morgan fingerprint density at radius 1 is 1.28 bits per heavy atom. The Morgan fingerprint density at radius 2 is 2.00 bits per heavy atom. The molecule has 1 unspecified atom stereocenters. The van der Waals surface area contributed by atoms with Crippen molar-refractivity contribution in [2.45, 2.75) is 44.4 Å². The van der Waals surface area contributed by atoms with Gasteiger partial charge in [-0.05, 0) is 37.3 Å². The zero-order valence-electron chi connectivity index (χ0n) is 16.4. The molecular formula is C20H24N4O4S. The predicted octanol–water partition coefficient (Wildman–Crippen LogP) is 1.77. The van der Waals surface area contributed by atoms with E-state index in [0.717, 1.165) is 0 Å². The van der Waals surface area contributed by atoms with Gasteiger partial charge in [-0.3, -0.25) is 9.59 Å². The second-order valence-electron chi connectivity index (χ2n) is 7.63. The first-order chi connectivity index (χ1) is 13.8. The van der Waals surface area contributed by atoms with Crippen LogP contribution < -0.4 is 10.6 Å². The van der Waals surface area contributed by atoms with Crippen molar-refractivity contribution in [3.63, 3.8) is 0 Å². The third kappa shape index (κ3) is 4.43. The number of benzene rings is 1. The molecule has 0 saturated heterocycles. The molecule has 3 rings (SSSR count). The standard InChI is InChI=1S/C20H24N4O4S/c1-13(2)12-17(20(26)22-10-9-21)23-19(25)16-5-3-4-14-8-11-24(18(14)16)29(27,28)15-6-7-15/h3-5,8,11,13,15,17H,6-7,10,12H2,1-2H3,(H,22,26)(H,23,25). The molecule has 2 N–H and O–H groups in total. The van der Waals surface area contributed by atoms with Gasteiger partial charge in [0.25, 0.3) is 5.91 Å². The van der Waals surface area contributed by atoms with Crippen LogP contribution in [-0.4, -0.2) is 42.0 Å². The zero-order valence-corrected chi connectivity index (χ0v) is 17.2. The minimum atomic E-state index is -3.56. The van der Waals surface area contributed by atoms with E-state index in [0.29, 0.717) is 30.2 Å². The summed E-state index contributed by atoms with van der Waals surface area (Å²) < 4.78 is 26.7. The Bertz CT molecular complexity index is 1080. The second-order valence-corrected chi connectivity index (χ2v) is 9.72. The molecule has 1 aliphatic rings. The Morgan fingerprint density at radius 3 is 2.62 bits per heavy atom. The number of nitriles is 1. The van der Waals surface area contributed by atoms with Crippen molar-refractivity contribution in [2.75, 3.05) is 6.54 Å². The van der Waals surface area contributed by atoms with Gasteiger partial charge < -0.3 is 10.6 Å². The highest BCUT2D eigenvalue weighted by atomic mass is 32.2. The normalized spacial score (nSPS) is 15.1. The van der Waals surface area contributed by atoms with Crippen LogP contribution in [0.4, 0.5) is 0 Å². The fourth-order valence-electron chi connectivity index (χ4n) is 3.27. The lowest BCUT2D eigenvalue weighted by molar-refractivity contribution is -0.123. The maximum Gasteiger partial charge on any atom is 0.254 e. The van der Waals surface area contributed by atoms with E-state index in [9.17, 15) is 18.0 Å². The number of carbonyl (C=O) groups is 2. The van der Waals surface area contributed by atoms with Crippen LogP contribution >= 0.6 is 0 Å². The van der Waals surface area contributed by atoms with Crippen LogP contribution in [0, 0.1) is 17.2 Å². The summed E-state index contributed by atoms with van der Waals surface area (Å²) in [5.74, 6) is -0.843. The molecule has 8 nitrogen and oxygen atoms in total. The molecule has 0 radical (unpaired) electrons. The van der Waals surface area contributed by atoms with Crippen LogP contribution in [0.2, 0.25) is 0 Å². The summed E-state index contributed by atoms with van der Waals surface area (Å²) in [6.07, 6.45) is 3.10. The number of hydrogen-bond acceptors (Lipinski definition) is 5. The van der Waals surface area contributed by atoms with Crippen molar-refractivity contribution in [1.29, 1.82) is 5.26 Å². The predicted molar refractivity (Wildman–Crippen MR) is 109 cm³/mol. The molecule has 1 aromatic heterocycles. The van der Waals surface area contributed by atoms with Crippen LogP contribution in [0.25, 0.3) is 10.9 Å². The van der Waals surface area contributed by atoms with Crippen LogP contribution in [0.3, 0.4) is 0 Å². The zero-order chi connectivity index (χ0) is 21.2. The molecule has 154 valence electrons. The molecule has 0 spiro atoms. The van der Waals surface area contributed by atoms with Crippen molar-refractivity contribution < 1.29 is 18.0 Å². The van der Waals surface area contributed by atoms with Crippen molar-refractivity contribution in [1.82, 2.24) is 14.6 Å². The van der Waals surface area contributed by atoms with Gasteiger partial charge in [-0.1, -0.05) is 26.0 Å². The molecule has 9 heteroatoms. The van der Waals surface area contributed by atoms with Gasteiger partial charge in [-0.25, -0.2) is 12.4 Å². The van der Waals surface area contributed by atoms with Gasteiger partial charge in [0, 0.05) is 11.6 Å². The monoisotopic (exact) mass is 416 g/mol. The van der Waals surface area contributed by atoms with Gasteiger partial charge >= 0.3 is 0 Å². The average Bonchev–Trinajstić information content (AvgIpc) is 3.44. The van der Waals surface area contributed by atoms with E-state index >= 15 is 0 Å². The molecule has 1 aliphatic carbocycles. The van der Waals surface area contributed by atoms with Gasteiger partial charge in [0.15, 0.2) is 0 Å². The Hall–Kier alpha value is -2.86. The highest BCUT2D eigenvalue weighted by molar-refractivity contribution is 7.91. The Labute approximate surface area is 169 Å². The van der Waals surface area contributed by atoms with E-state index in [1.165, 1.54) is 10.2 Å². The molecule has 1 atom stereocenters. The van der Waals surface area contributed by atoms with Crippen molar-refractivity contribution in [2.24, 2.45) is 5.92 Å². The van der Waals surface area contributed by atoms with E-state index in [1.54, 1.807) is 24.3 Å².